The molecular weight excluding hydrogens is 451 g/mol. The zero-order valence-corrected chi connectivity index (χ0v) is 17.6. The first kappa shape index (κ1) is 20.1. The van der Waals surface area contributed by atoms with Crippen molar-refractivity contribution in [2.24, 2.45) is 0 Å². The Labute approximate surface area is 181 Å². The molecule has 0 aromatic heterocycles. The first-order chi connectivity index (χ1) is 14.5. The molecule has 3 aromatic carbocycles. The number of nitrogens with one attached hydrogen (secondary N) is 1. The highest BCUT2D eigenvalue weighted by atomic mass is 79.9. The number of hydrogen-bond acceptors (Lipinski definition) is 3. The second-order valence-electron chi connectivity index (χ2n) is 6.90. The summed E-state index contributed by atoms with van der Waals surface area (Å²) >= 11 is 3.47. The van der Waals surface area contributed by atoms with E-state index in [2.05, 4.69) is 21.2 Å². The molecule has 0 radical (unpaired) electrons. The van der Waals surface area contributed by atoms with Crippen LogP contribution >= 0.6 is 15.9 Å². The van der Waals surface area contributed by atoms with Gasteiger partial charge in [-0.3, -0.25) is 9.59 Å². The Balaban J connectivity index is 1.85. The molecule has 7 heteroatoms. The molecule has 1 aliphatic rings. The van der Waals surface area contributed by atoms with E-state index in [-0.39, 0.29) is 24.2 Å². The number of halogens is 2. The number of rotatable bonds is 3. The highest BCUT2D eigenvalue weighted by molar-refractivity contribution is 9.10. The van der Waals surface area contributed by atoms with Crippen LogP contribution in [0.25, 0.3) is 0 Å². The van der Waals surface area contributed by atoms with Crippen LogP contribution in [0.1, 0.15) is 27.5 Å². The van der Waals surface area contributed by atoms with Gasteiger partial charge in [0, 0.05) is 21.3 Å². The van der Waals surface area contributed by atoms with Gasteiger partial charge in [0.1, 0.15) is 18.1 Å². The summed E-state index contributed by atoms with van der Waals surface area (Å²) in [5.41, 5.74) is 2.48. The smallest absolute Gasteiger partial charge is 0.255 e. The maximum Gasteiger partial charge on any atom is 0.255 e. The van der Waals surface area contributed by atoms with Crippen molar-refractivity contribution in [3.05, 3.63) is 93.7 Å². The van der Waals surface area contributed by atoms with Crippen LogP contribution in [0.3, 0.4) is 0 Å². The zero-order valence-electron chi connectivity index (χ0n) is 16.1. The van der Waals surface area contributed by atoms with Crippen LogP contribution in [0, 0.1) is 5.82 Å². The minimum absolute atomic E-state index is 0.140. The minimum Gasteiger partial charge on any atom is -0.497 e. The molecule has 152 valence electrons. The van der Waals surface area contributed by atoms with E-state index in [0.717, 1.165) is 10.0 Å². The van der Waals surface area contributed by atoms with Gasteiger partial charge in [0.05, 0.1) is 13.2 Å². The minimum atomic E-state index is -0.577. The van der Waals surface area contributed by atoms with E-state index >= 15 is 0 Å². The SMILES string of the molecule is COc1ccc(C(=O)N2CC(=O)Nc3ccc(Br)cc3[C@@H]2c2ccc(F)cc2)cc1. The Hall–Kier alpha value is -3.19. The molecule has 3 aromatic rings. The van der Waals surface area contributed by atoms with E-state index in [4.69, 9.17) is 4.74 Å². The van der Waals surface area contributed by atoms with Gasteiger partial charge in [-0.25, -0.2) is 4.39 Å². The van der Waals surface area contributed by atoms with E-state index in [1.54, 1.807) is 49.6 Å². The molecule has 5 nitrogen and oxygen atoms in total. The normalized spacial score (nSPS) is 15.8. The third kappa shape index (κ3) is 3.93. The van der Waals surface area contributed by atoms with Gasteiger partial charge in [-0.15, -0.1) is 0 Å². The third-order valence-electron chi connectivity index (χ3n) is 4.99. The Bertz CT molecular complexity index is 1100. The number of methoxy groups -OCH3 is 1. The van der Waals surface area contributed by atoms with Crippen molar-refractivity contribution in [3.63, 3.8) is 0 Å². The Morgan fingerprint density at radius 2 is 1.80 bits per heavy atom. The van der Waals surface area contributed by atoms with Crippen molar-refractivity contribution < 1.29 is 18.7 Å². The Kier molecular flexibility index (Phi) is 5.55. The van der Waals surface area contributed by atoms with Gasteiger partial charge in [-0.05, 0) is 60.2 Å². The summed E-state index contributed by atoms with van der Waals surface area (Å²) in [7, 11) is 1.55. The average Bonchev–Trinajstić information content (AvgIpc) is 2.89. The first-order valence-corrected chi connectivity index (χ1v) is 10.1. The van der Waals surface area contributed by atoms with Crippen molar-refractivity contribution in [1.29, 1.82) is 0 Å². The number of fused-ring (bicyclic) bond motifs is 1. The van der Waals surface area contributed by atoms with Gasteiger partial charge in [0.25, 0.3) is 5.91 Å². The number of carbonyl (C=O) groups is 2. The maximum absolute atomic E-state index is 13.6. The highest BCUT2D eigenvalue weighted by Gasteiger charge is 2.34. The average molecular weight is 469 g/mol. The van der Waals surface area contributed by atoms with E-state index in [1.807, 2.05) is 12.1 Å². The fourth-order valence-corrected chi connectivity index (χ4v) is 3.95. The van der Waals surface area contributed by atoms with E-state index in [0.29, 0.717) is 22.6 Å². The molecule has 1 heterocycles. The number of benzene rings is 3. The van der Waals surface area contributed by atoms with Crippen molar-refractivity contribution in [1.82, 2.24) is 4.90 Å². The van der Waals surface area contributed by atoms with Gasteiger partial charge in [-0.2, -0.15) is 0 Å². The topological polar surface area (TPSA) is 58.6 Å². The van der Waals surface area contributed by atoms with Crippen molar-refractivity contribution in [2.75, 3.05) is 19.0 Å². The first-order valence-electron chi connectivity index (χ1n) is 9.26. The van der Waals surface area contributed by atoms with Gasteiger partial charge in [0.15, 0.2) is 0 Å². The summed E-state index contributed by atoms with van der Waals surface area (Å²) in [6, 6.07) is 17.6. The number of anilines is 1. The molecule has 0 fully saturated rings. The standard InChI is InChI=1S/C23H18BrFN2O3/c1-30-18-9-4-15(5-10-18)23(29)27-13-21(28)26-20-11-6-16(24)12-19(20)22(27)14-2-7-17(25)8-3-14/h2-12,22H,13H2,1H3,(H,26,28)/t22-/m0/s1. The predicted octanol–water partition coefficient (Wildman–Crippen LogP) is 4.78. The molecular formula is C23H18BrFN2O3. The maximum atomic E-state index is 13.6. The lowest BCUT2D eigenvalue weighted by Crippen LogP contribution is -2.39. The van der Waals surface area contributed by atoms with E-state index in [9.17, 15) is 14.0 Å². The number of amides is 2. The Morgan fingerprint density at radius 1 is 1.10 bits per heavy atom. The molecule has 0 bridgehead atoms. The lowest BCUT2D eigenvalue weighted by molar-refractivity contribution is -0.117. The molecule has 4 rings (SSSR count). The summed E-state index contributed by atoms with van der Waals surface area (Å²) < 4.78 is 19.6. The van der Waals surface area contributed by atoms with Crippen LogP contribution in [0.4, 0.5) is 10.1 Å². The largest absolute Gasteiger partial charge is 0.497 e. The van der Waals surface area contributed by atoms with Crippen LogP contribution in [-0.4, -0.2) is 30.4 Å². The van der Waals surface area contributed by atoms with E-state index in [1.165, 1.54) is 17.0 Å². The molecule has 0 unspecified atom stereocenters. The quantitative estimate of drug-likeness (QED) is 0.601. The molecule has 1 atom stereocenters. The van der Waals surface area contributed by atoms with Crippen LogP contribution in [-0.2, 0) is 4.79 Å². The van der Waals surface area contributed by atoms with Gasteiger partial charge >= 0.3 is 0 Å². The molecule has 2 amide bonds. The van der Waals surface area contributed by atoms with Crippen molar-refractivity contribution in [3.8, 4) is 5.75 Å². The molecule has 0 saturated carbocycles. The van der Waals surface area contributed by atoms with Gasteiger partial charge < -0.3 is 15.0 Å². The van der Waals surface area contributed by atoms with Crippen LogP contribution in [0.15, 0.2) is 71.2 Å². The highest BCUT2D eigenvalue weighted by Crippen LogP contribution is 2.38. The second kappa shape index (κ2) is 8.28. The fourth-order valence-electron chi connectivity index (χ4n) is 3.57. The molecule has 0 aliphatic carbocycles. The van der Waals surface area contributed by atoms with Crippen LogP contribution in [0.2, 0.25) is 0 Å². The summed E-state index contributed by atoms with van der Waals surface area (Å²) in [5, 5.41) is 2.87. The summed E-state index contributed by atoms with van der Waals surface area (Å²) in [6.07, 6.45) is 0. The predicted molar refractivity (Wildman–Crippen MR) is 115 cm³/mol. The van der Waals surface area contributed by atoms with Crippen LogP contribution < -0.4 is 10.1 Å². The zero-order chi connectivity index (χ0) is 21.3. The second-order valence-corrected chi connectivity index (χ2v) is 7.81. The number of hydrogen-bond donors (Lipinski definition) is 1. The molecule has 0 spiro atoms. The fraction of sp³-hybridized carbons (Fsp3) is 0.130. The Morgan fingerprint density at radius 3 is 2.47 bits per heavy atom. The van der Waals surface area contributed by atoms with Crippen LogP contribution in [0.5, 0.6) is 5.75 Å². The number of nitrogens with zero attached hydrogens (tertiary/aromatic N) is 1. The summed E-state index contributed by atoms with van der Waals surface area (Å²) in [5.74, 6) is -0.353. The lowest BCUT2D eigenvalue weighted by Gasteiger charge is -2.31. The third-order valence-corrected chi connectivity index (χ3v) is 5.48. The van der Waals surface area contributed by atoms with Crippen molar-refractivity contribution >= 4 is 33.4 Å². The molecule has 1 aliphatic heterocycles. The molecule has 0 saturated heterocycles. The van der Waals surface area contributed by atoms with Crippen molar-refractivity contribution in [2.45, 2.75) is 6.04 Å². The van der Waals surface area contributed by atoms with Gasteiger partial charge in [0.2, 0.25) is 5.91 Å². The van der Waals surface area contributed by atoms with E-state index < -0.39 is 6.04 Å². The summed E-state index contributed by atoms with van der Waals surface area (Å²) in [6.45, 7) is -0.140. The lowest BCUT2D eigenvalue weighted by atomic mass is 9.95. The summed E-state index contributed by atoms with van der Waals surface area (Å²) in [4.78, 5) is 27.6. The number of ether oxygens (including phenoxy) is 1. The number of carbonyl (C=O) groups excluding carboxylic acids is 2. The molecule has 30 heavy (non-hydrogen) atoms. The monoisotopic (exact) mass is 468 g/mol. The van der Waals surface area contributed by atoms with Gasteiger partial charge in [-0.1, -0.05) is 28.1 Å². The molecule has 1 N–H and O–H groups in total.